The van der Waals surface area contributed by atoms with E-state index in [0.29, 0.717) is 6.20 Å². The molecular formula is C14H16F3N3O2. The van der Waals surface area contributed by atoms with Gasteiger partial charge in [-0.3, -0.25) is 14.6 Å². The first kappa shape index (κ1) is 16.3. The molecule has 8 heteroatoms. The fourth-order valence-corrected chi connectivity index (χ4v) is 2.35. The zero-order valence-corrected chi connectivity index (χ0v) is 12.2. The number of hydrogen-bond acceptors (Lipinski definition) is 3. The predicted octanol–water partition coefficient (Wildman–Crippen LogP) is 1.76. The Bertz CT molecular complexity index is 601. The molecule has 0 saturated carbocycles. The van der Waals surface area contributed by atoms with Gasteiger partial charge in [-0.25, -0.2) is 0 Å². The normalized spacial score (nSPS) is 19.6. The molecule has 1 aromatic heterocycles. The van der Waals surface area contributed by atoms with Crippen molar-refractivity contribution in [2.75, 3.05) is 13.1 Å². The van der Waals surface area contributed by atoms with E-state index < -0.39 is 17.6 Å². The Morgan fingerprint density at radius 1 is 1.45 bits per heavy atom. The molecule has 0 aliphatic carbocycles. The van der Waals surface area contributed by atoms with Crippen LogP contribution in [0, 0.1) is 6.92 Å². The Balaban J connectivity index is 2.34. The van der Waals surface area contributed by atoms with E-state index in [9.17, 15) is 22.8 Å². The predicted molar refractivity (Wildman–Crippen MR) is 72.1 cm³/mol. The standard InChI is InChI=1S/C14H16F3N3O2/c1-8-5-12(21)18-3-4-20(8)13(22)11-6-10(14(15,16)17)7-19-9(11)2/h6-8H,3-5H2,1-2H3,(H,18,21). The first-order valence-electron chi connectivity index (χ1n) is 6.81. The molecule has 2 heterocycles. The number of halogens is 3. The maximum atomic E-state index is 12.8. The molecule has 1 saturated heterocycles. The number of aryl methyl sites for hydroxylation is 1. The van der Waals surface area contributed by atoms with Crippen LogP contribution in [-0.2, 0) is 11.0 Å². The molecule has 1 fully saturated rings. The van der Waals surface area contributed by atoms with E-state index >= 15 is 0 Å². The van der Waals surface area contributed by atoms with Crippen molar-refractivity contribution >= 4 is 11.8 Å². The molecule has 1 unspecified atom stereocenters. The second kappa shape index (κ2) is 5.94. The van der Waals surface area contributed by atoms with Gasteiger partial charge in [0, 0.05) is 31.7 Å². The van der Waals surface area contributed by atoms with Crippen LogP contribution >= 0.6 is 0 Å². The van der Waals surface area contributed by atoms with E-state index in [4.69, 9.17) is 0 Å². The number of carbonyl (C=O) groups is 2. The molecule has 120 valence electrons. The van der Waals surface area contributed by atoms with Gasteiger partial charge >= 0.3 is 6.18 Å². The summed E-state index contributed by atoms with van der Waals surface area (Å²) in [5.41, 5.74) is -0.817. The van der Waals surface area contributed by atoms with Gasteiger partial charge in [0.15, 0.2) is 0 Å². The summed E-state index contributed by atoms with van der Waals surface area (Å²) in [5.74, 6) is -0.721. The van der Waals surface area contributed by atoms with E-state index in [1.807, 2.05) is 0 Å². The number of carbonyl (C=O) groups excluding carboxylic acids is 2. The minimum atomic E-state index is -4.56. The van der Waals surface area contributed by atoms with Gasteiger partial charge in [-0.1, -0.05) is 0 Å². The minimum absolute atomic E-state index is 0.0870. The first-order chi connectivity index (χ1) is 10.2. The van der Waals surface area contributed by atoms with Gasteiger partial charge in [0.2, 0.25) is 5.91 Å². The molecule has 1 N–H and O–H groups in total. The average Bonchev–Trinajstić information content (AvgIpc) is 2.57. The third-order valence-electron chi connectivity index (χ3n) is 3.59. The maximum Gasteiger partial charge on any atom is 0.417 e. The van der Waals surface area contributed by atoms with E-state index in [1.54, 1.807) is 6.92 Å². The quantitative estimate of drug-likeness (QED) is 0.859. The Hall–Kier alpha value is -2.12. The monoisotopic (exact) mass is 315 g/mol. The van der Waals surface area contributed by atoms with Gasteiger partial charge in [0.25, 0.3) is 5.91 Å². The lowest BCUT2D eigenvalue weighted by molar-refractivity contribution is -0.137. The number of hydrogen-bond donors (Lipinski definition) is 1. The fraction of sp³-hybridized carbons (Fsp3) is 0.500. The van der Waals surface area contributed by atoms with Crippen LogP contribution in [-0.4, -0.2) is 40.8 Å². The second-order valence-electron chi connectivity index (χ2n) is 5.26. The number of amides is 2. The number of rotatable bonds is 1. The van der Waals surface area contributed by atoms with Crippen molar-refractivity contribution in [3.8, 4) is 0 Å². The summed E-state index contributed by atoms with van der Waals surface area (Å²) in [6.45, 7) is 3.71. The van der Waals surface area contributed by atoms with Crippen molar-refractivity contribution in [1.82, 2.24) is 15.2 Å². The van der Waals surface area contributed by atoms with Crippen LogP contribution in [0.2, 0.25) is 0 Å². The Labute approximate surface area is 125 Å². The molecule has 1 aliphatic rings. The second-order valence-corrected chi connectivity index (χ2v) is 5.26. The lowest BCUT2D eigenvalue weighted by Gasteiger charge is -2.27. The van der Waals surface area contributed by atoms with E-state index in [1.165, 1.54) is 11.8 Å². The Kier molecular flexibility index (Phi) is 4.39. The van der Waals surface area contributed by atoms with Crippen LogP contribution in [0.15, 0.2) is 12.3 Å². The molecule has 5 nitrogen and oxygen atoms in total. The number of aromatic nitrogens is 1. The molecule has 0 radical (unpaired) electrons. The topological polar surface area (TPSA) is 62.3 Å². The largest absolute Gasteiger partial charge is 0.417 e. The highest BCUT2D eigenvalue weighted by molar-refractivity contribution is 5.96. The van der Waals surface area contributed by atoms with Crippen LogP contribution in [0.5, 0.6) is 0 Å². The molecule has 2 rings (SSSR count). The van der Waals surface area contributed by atoms with Crippen LogP contribution in [0.4, 0.5) is 13.2 Å². The molecule has 1 atom stereocenters. The van der Waals surface area contributed by atoms with Crippen LogP contribution in [0.1, 0.15) is 35.0 Å². The zero-order valence-electron chi connectivity index (χ0n) is 12.2. The van der Waals surface area contributed by atoms with E-state index in [0.717, 1.165) is 6.07 Å². The summed E-state index contributed by atoms with van der Waals surface area (Å²) in [5, 5.41) is 2.63. The fourth-order valence-electron chi connectivity index (χ4n) is 2.35. The van der Waals surface area contributed by atoms with Gasteiger partial charge < -0.3 is 10.2 Å². The summed E-state index contributed by atoms with van der Waals surface area (Å²) in [6.07, 6.45) is -3.72. The maximum absolute atomic E-state index is 12.8. The summed E-state index contributed by atoms with van der Waals surface area (Å²) in [7, 11) is 0. The zero-order chi connectivity index (χ0) is 16.5. The third kappa shape index (κ3) is 3.37. The summed E-state index contributed by atoms with van der Waals surface area (Å²) in [4.78, 5) is 29.1. The Morgan fingerprint density at radius 3 is 2.77 bits per heavy atom. The molecular weight excluding hydrogens is 299 g/mol. The summed E-state index contributed by atoms with van der Waals surface area (Å²) in [6, 6.07) is 0.432. The van der Waals surface area contributed by atoms with Crippen molar-refractivity contribution in [3.63, 3.8) is 0 Å². The van der Waals surface area contributed by atoms with Gasteiger partial charge in [-0.05, 0) is 19.9 Å². The van der Waals surface area contributed by atoms with Crippen molar-refractivity contribution in [2.45, 2.75) is 32.5 Å². The van der Waals surface area contributed by atoms with Crippen molar-refractivity contribution in [2.24, 2.45) is 0 Å². The van der Waals surface area contributed by atoms with Crippen molar-refractivity contribution < 1.29 is 22.8 Å². The van der Waals surface area contributed by atoms with Gasteiger partial charge in [0.1, 0.15) is 0 Å². The van der Waals surface area contributed by atoms with Crippen molar-refractivity contribution in [3.05, 3.63) is 29.1 Å². The highest BCUT2D eigenvalue weighted by Crippen LogP contribution is 2.30. The summed E-state index contributed by atoms with van der Waals surface area (Å²) < 4.78 is 38.3. The highest BCUT2D eigenvalue weighted by Gasteiger charge is 2.33. The number of alkyl halides is 3. The highest BCUT2D eigenvalue weighted by atomic mass is 19.4. The van der Waals surface area contributed by atoms with Crippen molar-refractivity contribution in [1.29, 1.82) is 0 Å². The molecule has 0 bridgehead atoms. The molecule has 1 aromatic rings. The van der Waals surface area contributed by atoms with Gasteiger partial charge in [-0.2, -0.15) is 13.2 Å². The number of pyridine rings is 1. The van der Waals surface area contributed by atoms with E-state index in [2.05, 4.69) is 10.3 Å². The first-order valence-corrected chi connectivity index (χ1v) is 6.81. The lowest BCUT2D eigenvalue weighted by Crippen LogP contribution is -2.40. The van der Waals surface area contributed by atoms with Crippen LogP contribution in [0.3, 0.4) is 0 Å². The molecule has 22 heavy (non-hydrogen) atoms. The number of nitrogens with zero attached hydrogens (tertiary/aromatic N) is 2. The van der Waals surface area contributed by atoms with E-state index in [-0.39, 0.29) is 42.7 Å². The number of nitrogens with one attached hydrogen (secondary N) is 1. The lowest BCUT2D eigenvalue weighted by atomic mass is 10.1. The Morgan fingerprint density at radius 2 is 2.14 bits per heavy atom. The molecule has 2 amide bonds. The van der Waals surface area contributed by atoms with Gasteiger partial charge in [-0.15, -0.1) is 0 Å². The SMILES string of the molecule is Cc1ncc(C(F)(F)F)cc1C(=O)N1CCNC(=O)CC1C. The molecule has 0 spiro atoms. The third-order valence-corrected chi connectivity index (χ3v) is 3.59. The molecule has 1 aliphatic heterocycles. The van der Waals surface area contributed by atoms with Gasteiger partial charge in [0.05, 0.1) is 16.8 Å². The smallest absolute Gasteiger partial charge is 0.354 e. The minimum Gasteiger partial charge on any atom is -0.354 e. The average molecular weight is 315 g/mol. The van der Waals surface area contributed by atoms with Crippen LogP contribution in [0.25, 0.3) is 0 Å². The summed E-state index contributed by atoms with van der Waals surface area (Å²) >= 11 is 0. The van der Waals surface area contributed by atoms with Crippen LogP contribution < -0.4 is 5.32 Å². The molecule has 0 aromatic carbocycles.